The summed E-state index contributed by atoms with van der Waals surface area (Å²) >= 11 is 0. The number of fused-ring (bicyclic) bond motifs is 2. The Morgan fingerprint density at radius 2 is 2.08 bits per heavy atom. The predicted octanol–water partition coefficient (Wildman–Crippen LogP) is 1.18. The van der Waals surface area contributed by atoms with Crippen LogP contribution in [-0.2, 0) is 16.1 Å². The van der Waals surface area contributed by atoms with Gasteiger partial charge in [-0.25, -0.2) is 0 Å². The van der Waals surface area contributed by atoms with E-state index in [2.05, 4.69) is 20.9 Å². The number of carbonyl (C=O) groups excluding carboxylic acids is 1. The Morgan fingerprint density at radius 1 is 1.25 bits per heavy atom. The summed E-state index contributed by atoms with van der Waals surface area (Å²) in [5, 5.41) is 9.54. The molecule has 2 fully saturated rings. The number of benzene rings is 1. The Hall–Kier alpha value is -2.08. The first-order chi connectivity index (χ1) is 11.7. The van der Waals surface area contributed by atoms with Gasteiger partial charge in [-0.2, -0.15) is 0 Å². The van der Waals surface area contributed by atoms with Gasteiger partial charge in [-0.15, -0.1) is 0 Å². The number of hydrogen-bond donors (Lipinski definition) is 3. The molecule has 0 radical (unpaired) electrons. The number of nitrogens with one attached hydrogen (secondary N) is 3. The van der Waals surface area contributed by atoms with E-state index in [1.165, 1.54) is 6.42 Å². The van der Waals surface area contributed by atoms with Gasteiger partial charge in [0, 0.05) is 26.6 Å². The van der Waals surface area contributed by atoms with E-state index in [9.17, 15) is 4.79 Å². The molecule has 3 N–H and O–H groups in total. The van der Waals surface area contributed by atoms with Crippen molar-refractivity contribution in [3.05, 3.63) is 35.9 Å². The molecule has 6 nitrogen and oxygen atoms in total. The maximum atomic E-state index is 11.9. The first-order valence-electron chi connectivity index (χ1n) is 8.68. The van der Waals surface area contributed by atoms with E-state index < -0.39 is 0 Å². The van der Waals surface area contributed by atoms with Gasteiger partial charge in [0.15, 0.2) is 5.96 Å². The van der Waals surface area contributed by atoms with Gasteiger partial charge in [0.2, 0.25) is 5.91 Å². The van der Waals surface area contributed by atoms with Crippen LogP contribution < -0.4 is 16.0 Å². The van der Waals surface area contributed by atoms with E-state index in [0.717, 1.165) is 24.4 Å². The molecule has 0 aromatic heterocycles. The van der Waals surface area contributed by atoms with E-state index in [-0.39, 0.29) is 5.91 Å². The van der Waals surface area contributed by atoms with Crippen molar-refractivity contribution >= 4 is 11.9 Å². The highest BCUT2D eigenvalue weighted by molar-refractivity contribution is 5.81. The average Bonchev–Trinajstić information content (AvgIpc) is 3.23. The minimum Gasteiger partial charge on any atom is -0.373 e. The molecule has 3 unspecified atom stereocenters. The molecule has 130 valence electrons. The summed E-state index contributed by atoms with van der Waals surface area (Å²) in [5.41, 5.74) is 1.10. The van der Waals surface area contributed by atoms with Crippen LogP contribution in [0.5, 0.6) is 0 Å². The lowest BCUT2D eigenvalue weighted by Gasteiger charge is -2.22. The quantitative estimate of drug-likeness (QED) is 0.541. The molecule has 6 heteroatoms. The van der Waals surface area contributed by atoms with Crippen LogP contribution in [0.4, 0.5) is 0 Å². The molecule has 2 saturated heterocycles. The van der Waals surface area contributed by atoms with Crippen LogP contribution in [0.2, 0.25) is 0 Å². The van der Waals surface area contributed by atoms with E-state index >= 15 is 0 Å². The molecule has 0 aliphatic carbocycles. The van der Waals surface area contributed by atoms with Crippen molar-refractivity contribution in [2.24, 2.45) is 4.99 Å². The van der Waals surface area contributed by atoms with Crippen LogP contribution in [0.25, 0.3) is 0 Å². The Balaban J connectivity index is 1.33. The second-order valence-corrected chi connectivity index (χ2v) is 6.37. The summed E-state index contributed by atoms with van der Waals surface area (Å²) in [6.07, 6.45) is 4.48. The highest BCUT2D eigenvalue weighted by Crippen LogP contribution is 2.34. The summed E-state index contributed by atoms with van der Waals surface area (Å²) in [6, 6.07) is 10.2. The van der Waals surface area contributed by atoms with E-state index in [1.54, 1.807) is 7.05 Å². The van der Waals surface area contributed by atoms with Gasteiger partial charge in [0.05, 0.1) is 18.2 Å². The molecular formula is C18H26N4O2. The number of hydrogen-bond acceptors (Lipinski definition) is 3. The zero-order valence-corrected chi connectivity index (χ0v) is 14.1. The van der Waals surface area contributed by atoms with Gasteiger partial charge in [0.25, 0.3) is 0 Å². The lowest BCUT2D eigenvalue weighted by atomic mass is 9.96. The van der Waals surface area contributed by atoms with Crippen molar-refractivity contribution < 1.29 is 9.53 Å². The normalized spacial score (nSPS) is 25.5. The van der Waals surface area contributed by atoms with Crippen molar-refractivity contribution in [1.29, 1.82) is 0 Å². The van der Waals surface area contributed by atoms with Crippen LogP contribution >= 0.6 is 0 Å². The van der Waals surface area contributed by atoms with Crippen LogP contribution in [0.15, 0.2) is 35.3 Å². The predicted molar refractivity (Wildman–Crippen MR) is 93.7 cm³/mol. The van der Waals surface area contributed by atoms with Gasteiger partial charge in [-0.3, -0.25) is 9.79 Å². The smallest absolute Gasteiger partial charge is 0.222 e. The summed E-state index contributed by atoms with van der Waals surface area (Å²) in [6.45, 7) is 1.12. The lowest BCUT2D eigenvalue weighted by Crippen LogP contribution is -2.48. The second-order valence-electron chi connectivity index (χ2n) is 6.37. The summed E-state index contributed by atoms with van der Waals surface area (Å²) in [7, 11) is 1.75. The molecule has 1 amide bonds. The third kappa shape index (κ3) is 4.47. The highest BCUT2D eigenvalue weighted by atomic mass is 16.5. The van der Waals surface area contributed by atoms with Crippen molar-refractivity contribution in [3.8, 4) is 0 Å². The molecule has 3 atom stereocenters. The van der Waals surface area contributed by atoms with Crippen molar-refractivity contribution in [3.63, 3.8) is 0 Å². The molecular weight excluding hydrogens is 304 g/mol. The number of rotatable bonds is 6. The minimum absolute atomic E-state index is 0.0325. The van der Waals surface area contributed by atoms with Crippen molar-refractivity contribution in [1.82, 2.24) is 16.0 Å². The van der Waals surface area contributed by atoms with Crippen LogP contribution in [0.3, 0.4) is 0 Å². The molecule has 0 spiro atoms. The molecule has 24 heavy (non-hydrogen) atoms. The van der Waals surface area contributed by atoms with Crippen LogP contribution in [0, 0.1) is 0 Å². The lowest BCUT2D eigenvalue weighted by molar-refractivity contribution is -0.121. The van der Waals surface area contributed by atoms with Crippen molar-refractivity contribution in [2.75, 3.05) is 13.6 Å². The highest BCUT2D eigenvalue weighted by Gasteiger charge is 2.41. The monoisotopic (exact) mass is 330 g/mol. The van der Waals surface area contributed by atoms with Gasteiger partial charge in [0.1, 0.15) is 0 Å². The fourth-order valence-corrected chi connectivity index (χ4v) is 3.34. The largest absolute Gasteiger partial charge is 0.373 e. The third-order valence-electron chi connectivity index (χ3n) is 4.63. The first-order valence-corrected chi connectivity index (χ1v) is 8.68. The van der Waals surface area contributed by atoms with Crippen LogP contribution in [0.1, 0.15) is 31.2 Å². The summed E-state index contributed by atoms with van der Waals surface area (Å²) in [4.78, 5) is 16.1. The maximum Gasteiger partial charge on any atom is 0.222 e. The Kier molecular flexibility index (Phi) is 5.69. The molecule has 0 saturated carbocycles. The molecule has 2 bridgehead atoms. The Morgan fingerprint density at radius 3 is 2.75 bits per heavy atom. The van der Waals surface area contributed by atoms with E-state index in [4.69, 9.17) is 4.74 Å². The minimum atomic E-state index is 0.0325. The van der Waals surface area contributed by atoms with E-state index in [0.29, 0.717) is 37.8 Å². The zero-order chi connectivity index (χ0) is 16.8. The second kappa shape index (κ2) is 8.15. The summed E-state index contributed by atoms with van der Waals surface area (Å²) < 4.78 is 5.84. The SMILES string of the molecule is CN=C(NCCC(=O)NCc1ccccc1)NC1CC2CCC1O2. The number of carbonyl (C=O) groups is 1. The van der Waals surface area contributed by atoms with Gasteiger partial charge in [-0.05, 0) is 24.8 Å². The van der Waals surface area contributed by atoms with Gasteiger partial charge >= 0.3 is 0 Å². The Bertz CT molecular complexity index is 576. The zero-order valence-electron chi connectivity index (χ0n) is 14.1. The topological polar surface area (TPSA) is 74.8 Å². The fraction of sp³-hybridized carbons (Fsp3) is 0.556. The van der Waals surface area contributed by atoms with Crippen LogP contribution in [-0.4, -0.2) is 43.7 Å². The number of nitrogens with zero attached hydrogens (tertiary/aromatic N) is 1. The number of amides is 1. The van der Waals surface area contributed by atoms with Gasteiger partial charge < -0.3 is 20.7 Å². The average molecular weight is 330 g/mol. The number of ether oxygens (including phenoxy) is 1. The third-order valence-corrected chi connectivity index (χ3v) is 4.63. The number of aliphatic imine (C=N–C) groups is 1. The Labute approximate surface area is 143 Å². The molecule has 1 aromatic rings. The first kappa shape index (κ1) is 16.8. The standard InChI is InChI=1S/C18H26N4O2/c1-19-18(22-15-11-14-7-8-16(15)24-14)20-10-9-17(23)21-12-13-5-3-2-4-6-13/h2-6,14-16H,7-12H2,1H3,(H,21,23)(H2,19,20,22). The van der Waals surface area contributed by atoms with E-state index in [1.807, 2.05) is 30.3 Å². The molecule has 2 aliphatic rings. The summed E-state index contributed by atoms with van der Waals surface area (Å²) in [5.74, 6) is 0.775. The molecule has 1 aromatic carbocycles. The van der Waals surface area contributed by atoms with Gasteiger partial charge in [-0.1, -0.05) is 30.3 Å². The molecule has 3 rings (SSSR count). The number of guanidine groups is 1. The van der Waals surface area contributed by atoms with Crippen molar-refractivity contribution in [2.45, 2.75) is 50.5 Å². The molecule has 2 aliphatic heterocycles. The maximum absolute atomic E-state index is 11.9. The molecule has 2 heterocycles. The fourth-order valence-electron chi connectivity index (χ4n) is 3.34.